The van der Waals surface area contributed by atoms with Gasteiger partial charge in [0.05, 0.1) is 15.7 Å². The summed E-state index contributed by atoms with van der Waals surface area (Å²) in [5.74, 6) is -0.503. The quantitative estimate of drug-likeness (QED) is 0.844. The van der Waals surface area contributed by atoms with Crippen LogP contribution in [0.5, 0.6) is 0 Å². The average Bonchev–Trinajstić information content (AvgIpc) is 2.71. The SMILES string of the molecule is Cn1cc(CNC(C)(C)C)c(-c2cc(F)c(Cl)cc2Cl)n1. The van der Waals surface area contributed by atoms with Gasteiger partial charge in [0, 0.05) is 36.5 Å². The molecule has 1 aromatic carbocycles. The number of halogens is 3. The van der Waals surface area contributed by atoms with Crippen molar-refractivity contribution in [2.24, 2.45) is 7.05 Å². The molecule has 1 heterocycles. The van der Waals surface area contributed by atoms with Gasteiger partial charge in [0.25, 0.3) is 0 Å². The first-order valence-corrected chi connectivity index (χ1v) is 7.35. The van der Waals surface area contributed by atoms with Crippen LogP contribution >= 0.6 is 23.2 Å². The molecule has 1 aromatic heterocycles. The maximum absolute atomic E-state index is 13.7. The van der Waals surface area contributed by atoms with Gasteiger partial charge < -0.3 is 5.32 Å². The average molecular weight is 330 g/mol. The second kappa shape index (κ2) is 5.95. The Morgan fingerprint density at radius 1 is 1.24 bits per heavy atom. The Morgan fingerprint density at radius 3 is 2.52 bits per heavy atom. The van der Waals surface area contributed by atoms with Crippen LogP contribution in [0.3, 0.4) is 0 Å². The fraction of sp³-hybridized carbons (Fsp3) is 0.400. The maximum Gasteiger partial charge on any atom is 0.142 e. The van der Waals surface area contributed by atoms with E-state index >= 15 is 0 Å². The van der Waals surface area contributed by atoms with Crippen molar-refractivity contribution in [3.05, 3.63) is 39.8 Å². The summed E-state index contributed by atoms with van der Waals surface area (Å²) in [6.07, 6.45) is 1.90. The number of aryl methyl sites for hydroxylation is 1. The highest BCUT2D eigenvalue weighted by Crippen LogP contribution is 2.33. The van der Waals surface area contributed by atoms with Gasteiger partial charge in [0.2, 0.25) is 0 Å². The molecular formula is C15H18Cl2FN3. The van der Waals surface area contributed by atoms with Crippen molar-refractivity contribution in [1.29, 1.82) is 0 Å². The molecule has 0 saturated heterocycles. The zero-order chi connectivity index (χ0) is 15.8. The fourth-order valence-corrected chi connectivity index (χ4v) is 2.43. The number of nitrogens with one attached hydrogen (secondary N) is 1. The standard InChI is InChI=1S/C15H18Cl2FN3/c1-15(2,3)19-7-9-8-21(4)20-14(9)10-5-13(18)12(17)6-11(10)16/h5-6,8,19H,7H2,1-4H3. The number of hydrogen-bond acceptors (Lipinski definition) is 2. The first kappa shape index (κ1) is 16.3. The smallest absolute Gasteiger partial charge is 0.142 e. The molecule has 0 spiro atoms. The second-order valence-electron chi connectivity index (χ2n) is 6.03. The van der Waals surface area contributed by atoms with Gasteiger partial charge in [-0.05, 0) is 32.9 Å². The normalized spacial score (nSPS) is 12.0. The van der Waals surface area contributed by atoms with E-state index in [4.69, 9.17) is 23.2 Å². The molecule has 6 heteroatoms. The Balaban J connectivity index is 2.43. The number of aromatic nitrogens is 2. The molecule has 2 aromatic rings. The third-order valence-electron chi connectivity index (χ3n) is 2.98. The Bertz CT molecular complexity index is 660. The van der Waals surface area contributed by atoms with Crippen molar-refractivity contribution < 1.29 is 4.39 Å². The van der Waals surface area contributed by atoms with Crippen molar-refractivity contribution in [2.75, 3.05) is 0 Å². The second-order valence-corrected chi connectivity index (χ2v) is 6.84. The van der Waals surface area contributed by atoms with Crippen molar-refractivity contribution in [3.63, 3.8) is 0 Å². The van der Waals surface area contributed by atoms with Crippen molar-refractivity contribution in [3.8, 4) is 11.3 Å². The highest BCUT2D eigenvalue weighted by Gasteiger charge is 2.17. The summed E-state index contributed by atoms with van der Waals surface area (Å²) in [5.41, 5.74) is 2.14. The number of benzene rings is 1. The van der Waals surface area contributed by atoms with Crippen LogP contribution in [-0.2, 0) is 13.6 Å². The molecule has 0 aliphatic carbocycles. The van der Waals surface area contributed by atoms with Gasteiger partial charge in [0.1, 0.15) is 5.82 Å². The van der Waals surface area contributed by atoms with Crippen LogP contribution in [0.15, 0.2) is 18.3 Å². The van der Waals surface area contributed by atoms with Gasteiger partial charge in [0.15, 0.2) is 0 Å². The lowest BCUT2D eigenvalue weighted by molar-refractivity contribution is 0.424. The summed E-state index contributed by atoms with van der Waals surface area (Å²) in [5, 5.41) is 8.18. The van der Waals surface area contributed by atoms with Gasteiger partial charge in [-0.3, -0.25) is 4.68 Å². The van der Waals surface area contributed by atoms with E-state index in [0.717, 1.165) is 5.56 Å². The van der Waals surface area contributed by atoms with Gasteiger partial charge in [-0.1, -0.05) is 23.2 Å². The zero-order valence-electron chi connectivity index (χ0n) is 12.5. The summed E-state index contributed by atoms with van der Waals surface area (Å²) in [6, 6.07) is 2.73. The monoisotopic (exact) mass is 329 g/mol. The topological polar surface area (TPSA) is 29.9 Å². The van der Waals surface area contributed by atoms with Crippen LogP contribution in [-0.4, -0.2) is 15.3 Å². The van der Waals surface area contributed by atoms with Crippen LogP contribution in [0.2, 0.25) is 10.0 Å². The highest BCUT2D eigenvalue weighted by atomic mass is 35.5. The summed E-state index contributed by atoms with van der Waals surface area (Å²) >= 11 is 11.9. The summed E-state index contributed by atoms with van der Waals surface area (Å²) in [4.78, 5) is 0. The van der Waals surface area contributed by atoms with E-state index in [1.165, 1.54) is 12.1 Å². The van der Waals surface area contributed by atoms with Crippen molar-refractivity contribution >= 4 is 23.2 Å². The Labute approximate surface area is 134 Å². The molecular weight excluding hydrogens is 312 g/mol. The molecule has 0 fully saturated rings. The van der Waals surface area contributed by atoms with E-state index < -0.39 is 5.82 Å². The van der Waals surface area contributed by atoms with E-state index in [-0.39, 0.29) is 10.6 Å². The molecule has 0 aliphatic rings. The molecule has 0 saturated carbocycles. The predicted molar refractivity (Wildman–Crippen MR) is 85.2 cm³/mol. The minimum Gasteiger partial charge on any atom is -0.308 e. The van der Waals surface area contributed by atoms with Crippen LogP contribution in [0.1, 0.15) is 26.3 Å². The number of hydrogen-bond donors (Lipinski definition) is 1. The Morgan fingerprint density at radius 2 is 1.90 bits per heavy atom. The summed E-state index contributed by atoms with van der Waals surface area (Å²) in [6.45, 7) is 6.86. The first-order chi connectivity index (χ1) is 9.67. The lowest BCUT2D eigenvalue weighted by Gasteiger charge is -2.20. The third-order valence-corrected chi connectivity index (χ3v) is 3.58. The molecule has 114 valence electrons. The summed E-state index contributed by atoms with van der Waals surface area (Å²) in [7, 11) is 1.82. The summed E-state index contributed by atoms with van der Waals surface area (Å²) < 4.78 is 15.4. The molecule has 21 heavy (non-hydrogen) atoms. The third kappa shape index (κ3) is 3.96. The molecule has 0 amide bonds. The first-order valence-electron chi connectivity index (χ1n) is 6.60. The van der Waals surface area contributed by atoms with E-state index in [1.54, 1.807) is 4.68 Å². The molecule has 0 bridgehead atoms. The molecule has 0 unspecified atom stereocenters. The van der Waals surface area contributed by atoms with Gasteiger partial charge in [-0.2, -0.15) is 5.10 Å². The minimum atomic E-state index is -0.503. The van der Waals surface area contributed by atoms with E-state index in [1.807, 2.05) is 13.2 Å². The van der Waals surface area contributed by atoms with E-state index in [2.05, 4.69) is 31.2 Å². The van der Waals surface area contributed by atoms with Crippen LogP contribution < -0.4 is 5.32 Å². The molecule has 0 aliphatic heterocycles. The van der Waals surface area contributed by atoms with E-state index in [9.17, 15) is 4.39 Å². The molecule has 0 atom stereocenters. The molecule has 1 N–H and O–H groups in total. The predicted octanol–water partition coefficient (Wildman–Crippen LogP) is 4.42. The molecule has 3 nitrogen and oxygen atoms in total. The highest BCUT2D eigenvalue weighted by molar-refractivity contribution is 6.36. The maximum atomic E-state index is 13.7. The Hall–Kier alpha value is -1.10. The van der Waals surface area contributed by atoms with Crippen molar-refractivity contribution in [1.82, 2.24) is 15.1 Å². The van der Waals surface area contributed by atoms with E-state index in [0.29, 0.717) is 22.8 Å². The fourth-order valence-electron chi connectivity index (χ4n) is 1.96. The van der Waals surface area contributed by atoms with Crippen LogP contribution in [0.4, 0.5) is 4.39 Å². The van der Waals surface area contributed by atoms with Gasteiger partial charge in [-0.15, -0.1) is 0 Å². The van der Waals surface area contributed by atoms with Crippen LogP contribution in [0, 0.1) is 5.82 Å². The largest absolute Gasteiger partial charge is 0.308 e. The van der Waals surface area contributed by atoms with Gasteiger partial charge in [-0.25, -0.2) is 4.39 Å². The van der Waals surface area contributed by atoms with Crippen molar-refractivity contribution in [2.45, 2.75) is 32.9 Å². The molecule has 0 radical (unpaired) electrons. The number of rotatable bonds is 3. The Kier molecular flexibility index (Phi) is 4.61. The minimum absolute atomic E-state index is 0.00838. The molecule has 2 rings (SSSR count). The van der Waals surface area contributed by atoms with Gasteiger partial charge >= 0.3 is 0 Å². The number of nitrogens with zero attached hydrogens (tertiary/aromatic N) is 2. The van der Waals surface area contributed by atoms with Crippen LogP contribution in [0.25, 0.3) is 11.3 Å². The lowest BCUT2D eigenvalue weighted by Crippen LogP contribution is -2.35. The zero-order valence-corrected chi connectivity index (χ0v) is 14.0. The lowest BCUT2D eigenvalue weighted by atomic mass is 10.1.